The summed E-state index contributed by atoms with van der Waals surface area (Å²) in [6.45, 7) is 1.86. The molecule has 144 valence electrons. The maximum atomic E-state index is 13.7. The van der Waals surface area contributed by atoms with E-state index in [4.69, 9.17) is 4.74 Å². The molecule has 0 amide bonds. The Morgan fingerprint density at radius 2 is 2.11 bits per heavy atom. The molecule has 1 aromatic carbocycles. The van der Waals surface area contributed by atoms with Crippen LogP contribution >= 0.6 is 0 Å². The normalized spacial score (nSPS) is 12.9. The average molecular weight is 397 g/mol. The number of nitrogens with zero attached hydrogens (tertiary/aromatic N) is 3. The van der Waals surface area contributed by atoms with Crippen LogP contribution in [0.25, 0.3) is 11.0 Å². The molecule has 11 heteroatoms. The minimum atomic E-state index is -3.15. The summed E-state index contributed by atoms with van der Waals surface area (Å²) >= 11 is 0. The second kappa shape index (κ2) is 7.43. The Bertz CT molecular complexity index is 1070. The van der Waals surface area contributed by atoms with Crippen molar-refractivity contribution in [3.63, 3.8) is 0 Å². The van der Waals surface area contributed by atoms with Gasteiger partial charge < -0.3 is 10.1 Å². The van der Waals surface area contributed by atoms with Gasteiger partial charge >= 0.3 is 6.01 Å². The Hall–Kier alpha value is -2.82. The summed E-state index contributed by atoms with van der Waals surface area (Å²) in [6, 6.07) is 2.41. The number of aromatic nitrogens is 4. The minimum Gasteiger partial charge on any atom is -0.421 e. The number of fused-ring (bicyclic) bond motifs is 1. The molecule has 0 aliphatic carbocycles. The topological polar surface area (TPSA) is 110 Å². The molecule has 0 unspecified atom stereocenters. The van der Waals surface area contributed by atoms with Gasteiger partial charge in [0.1, 0.15) is 15.7 Å². The zero-order valence-corrected chi connectivity index (χ0v) is 15.3. The summed E-state index contributed by atoms with van der Waals surface area (Å²) in [6.07, 6.45) is 3.16. The molecule has 0 aliphatic rings. The number of sulfone groups is 1. The fourth-order valence-electron chi connectivity index (χ4n) is 2.43. The van der Waals surface area contributed by atoms with E-state index < -0.39 is 21.5 Å². The van der Waals surface area contributed by atoms with Gasteiger partial charge in [-0.3, -0.25) is 5.10 Å². The van der Waals surface area contributed by atoms with Crippen LogP contribution in [0.5, 0.6) is 11.8 Å². The van der Waals surface area contributed by atoms with Gasteiger partial charge in [-0.2, -0.15) is 10.1 Å². The van der Waals surface area contributed by atoms with E-state index in [1.807, 2.05) is 6.92 Å². The SMILES string of the molecule is CC[C@H](CS(C)(=O)=O)Nc1n[nH]c2nc(Oc3ccc(F)cc3F)ncc12. The van der Waals surface area contributed by atoms with Crippen molar-refractivity contribution in [2.75, 3.05) is 17.3 Å². The third-order valence-corrected chi connectivity index (χ3v) is 4.74. The van der Waals surface area contributed by atoms with Crippen molar-refractivity contribution >= 4 is 26.7 Å². The fraction of sp³-hybridized carbons (Fsp3) is 0.312. The van der Waals surface area contributed by atoms with Gasteiger partial charge in [-0.15, -0.1) is 0 Å². The molecule has 2 heterocycles. The van der Waals surface area contributed by atoms with Crippen molar-refractivity contribution in [2.45, 2.75) is 19.4 Å². The second-order valence-electron chi connectivity index (χ2n) is 6.01. The molecule has 8 nitrogen and oxygen atoms in total. The fourth-order valence-corrected chi connectivity index (χ4v) is 3.48. The van der Waals surface area contributed by atoms with Crippen molar-refractivity contribution in [1.29, 1.82) is 0 Å². The third-order valence-electron chi connectivity index (χ3n) is 3.73. The molecule has 0 spiro atoms. The highest BCUT2D eigenvalue weighted by atomic mass is 32.2. The molecule has 3 aromatic rings. The number of halogens is 2. The van der Waals surface area contributed by atoms with Crippen molar-refractivity contribution in [2.24, 2.45) is 0 Å². The van der Waals surface area contributed by atoms with Crippen LogP contribution in [0.2, 0.25) is 0 Å². The second-order valence-corrected chi connectivity index (χ2v) is 8.19. The van der Waals surface area contributed by atoms with E-state index in [0.717, 1.165) is 12.1 Å². The Labute approximate surface area is 153 Å². The Balaban J connectivity index is 1.81. The summed E-state index contributed by atoms with van der Waals surface area (Å²) in [7, 11) is -3.15. The predicted octanol–water partition coefficient (Wildman–Crippen LogP) is 2.66. The van der Waals surface area contributed by atoms with Crippen LogP contribution in [-0.2, 0) is 9.84 Å². The van der Waals surface area contributed by atoms with E-state index in [2.05, 4.69) is 25.5 Å². The molecular formula is C16H17F2N5O3S. The van der Waals surface area contributed by atoms with Crippen LogP contribution in [0.15, 0.2) is 24.4 Å². The summed E-state index contributed by atoms with van der Waals surface area (Å²) in [5.41, 5.74) is 0.319. The zero-order valence-electron chi connectivity index (χ0n) is 14.5. The minimum absolute atomic E-state index is 0.0379. The molecule has 0 bridgehead atoms. The number of benzene rings is 1. The van der Waals surface area contributed by atoms with E-state index in [0.29, 0.717) is 29.3 Å². The average Bonchev–Trinajstić information content (AvgIpc) is 2.98. The molecule has 3 rings (SSSR count). The van der Waals surface area contributed by atoms with E-state index >= 15 is 0 Å². The first kappa shape index (κ1) is 19.0. The maximum absolute atomic E-state index is 13.7. The molecule has 0 saturated heterocycles. The molecule has 0 fully saturated rings. The van der Waals surface area contributed by atoms with Crippen molar-refractivity contribution in [1.82, 2.24) is 20.2 Å². The van der Waals surface area contributed by atoms with Gasteiger partial charge in [-0.25, -0.2) is 22.2 Å². The third kappa shape index (κ3) is 4.67. The van der Waals surface area contributed by atoms with Crippen LogP contribution in [0.3, 0.4) is 0 Å². The number of H-pyrrole nitrogens is 1. The van der Waals surface area contributed by atoms with Crippen molar-refractivity contribution in [3.05, 3.63) is 36.0 Å². The van der Waals surface area contributed by atoms with Gasteiger partial charge in [-0.1, -0.05) is 6.92 Å². The lowest BCUT2D eigenvalue weighted by Crippen LogP contribution is -2.27. The summed E-state index contributed by atoms with van der Waals surface area (Å²) in [4.78, 5) is 8.09. The van der Waals surface area contributed by atoms with Gasteiger partial charge in [0.15, 0.2) is 23.0 Å². The van der Waals surface area contributed by atoms with E-state index in [9.17, 15) is 17.2 Å². The summed E-state index contributed by atoms with van der Waals surface area (Å²) < 4.78 is 54.9. The number of hydrogen-bond donors (Lipinski definition) is 2. The lowest BCUT2D eigenvalue weighted by atomic mass is 10.2. The van der Waals surface area contributed by atoms with E-state index in [1.54, 1.807) is 0 Å². The maximum Gasteiger partial charge on any atom is 0.324 e. The highest BCUT2D eigenvalue weighted by Gasteiger charge is 2.17. The van der Waals surface area contributed by atoms with Crippen LogP contribution in [0, 0.1) is 11.6 Å². The number of nitrogens with one attached hydrogen (secondary N) is 2. The molecule has 2 aromatic heterocycles. The van der Waals surface area contributed by atoms with E-state index in [1.165, 1.54) is 12.5 Å². The van der Waals surface area contributed by atoms with Crippen LogP contribution in [0.1, 0.15) is 13.3 Å². The molecule has 1 atom stereocenters. The largest absolute Gasteiger partial charge is 0.421 e. The first-order chi connectivity index (χ1) is 12.7. The molecule has 0 aliphatic heterocycles. The molecular weight excluding hydrogens is 380 g/mol. The lowest BCUT2D eigenvalue weighted by molar-refractivity contribution is 0.409. The number of rotatable bonds is 7. The highest BCUT2D eigenvalue weighted by Crippen LogP contribution is 2.25. The molecule has 0 radical (unpaired) electrons. The zero-order chi connectivity index (χ0) is 19.6. The monoisotopic (exact) mass is 397 g/mol. The first-order valence-electron chi connectivity index (χ1n) is 8.03. The first-order valence-corrected chi connectivity index (χ1v) is 10.1. The number of hydrogen-bond acceptors (Lipinski definition) is 7. The van der Waals surface area contributed by atoms with Gasteiger partial charge in [0.05, 0.1) is 11.1 Å². The van der Waals surface area contributed by atoms with Crippen LogP contribution in [0.4, 0.5) is 14.6 Å². The predicted molar refractivity (Wildman–Crippen MR) is 95.5 cm³/mol. The Morgan fingerprint density at radius 3 is 2.78 bits per heavy atom. The lowest BCUT2D eigenvalue weighted by Gasteiger charge is -2.15. The molecule has 0 saturated carbocycles. The van der Waals surface area contributed by atoms with Crippen LogP contribution in [-0.4, -0.2) is 46.6 Å². The summed E-state index contributed by atoms with van der Waals surface area (Å²) in [5, 5.41) is 10.3. The number of ether oxygens (including phenoxy) is 1. The number of anilines is 1. The number of aromatic amines is 1. The van der Waals surface area contributed by atoms with Crippen molar-refractivity contribution < 1.29 is 21.9 Å². The van der Waals surface area contributed by atoms with Crippen molar-refractivity contribution in [3.8, 4) is 11.8 Å². The van der Waals surface area contributed by atoms with E-state index in [-0.39, 0.29) is 23.6 Å². The quantitative estimate of drug-likeness (QED) is 0.631. The molecule has 27 heavy (non-hydrogen) atoms. The van der Waals surface area contributed by atoms with Gasteiger partial charge in [0, 0.05) is 24.6 Å². The standard InChI is InChI=1S/C16H17F2N5O3S/c1-3-10(8-27(2,24)25)20-14-11-7-19-16(21-15(11)23-22-14)26-13-5-4-9(17)6-12(13)18/h4-7,10H,3,8H2,1-2H3,(H2,19,20,21,22,23)/t10-/m1/s1. The Morgan fingerprint density at radius 1 is 1.33 bits per heavy atom. The van der Waals surface area contributed by atoms with Gasteiger partial charge in [0.25, 0.3) is 0 Å². The molecule has 2 N–H and O–H groups in total. The smallest absolute Gasteiger partial charge is 0.324 e. The summed E-state index contributed by atoms with van der Waals surface area (Å²) in [5.74, 6) is -1.45. The van der Waals surface area contributed by atoms with Gasteiger partial charge in [0.2, 0.25) is 0 Å². The highest BCUT2D eigenvalue weighted by molar-refractivity contribution is 7.90. The Kier molecular flexibility index (Phi) is 5.22. The van der Waals surface area contributed by atoms with Gasteiger partial charge in [-0.05, 0) is 18.6 Å². The van der Waals surface area contributed by atoms with Crippen LogP contribution < -0.4 is 10.1 Å².